The Balaban J connectivity index is 2.61. The van der Waals surface area contributed by atoms with E-state index in [9.17, 15) is 9.59 Å². The topological polar surface area (TPSA) is 58.6 Å². The van der Waals surface area contributed by atoms with Crippen LogP contribution in [0.4, 0.5) is 4.79 Å². The number of nitrogens with one attached hydrogen (secondary N) is 1. The predicted molar refractivity (Wildman–Crippen MR) is 73.8 cm³/mol. The second-order valence-electron chi connectivity index (χ2n) is 6.26. The largest absolute Gasteiger partial charge is 0.444 e. The molecule has 19 heavy (non-hydrogen) atoms. The Bertz CT molecular complexity index is 381. The van der Waals surface area contributed by atoms with Crippen LogP contribution in [0.15, 0.2) is 12.2 Å². The molecule has 1 aliphatic heterocycles. The fourth-order valence-electron chi connectivity index (χ4n) is 1.83. The highest BCUT2D eigenvalue weighted by Gasteiger charge is 2.34. The van der Waals surface area contributed by atoms with Crippen LogP contribution < -0.4 is 5.32 Å². The maximum Gasteiger partial charge on any atom is 0.408 e. The van der Waals surface area contributed by atoms with E-state index in [1.165, 1.54) is 0 Å². The Kier molecular flexibility index (Phi) is 4.61. The van der Waals surface area contributed by atoms with E-state index in [0.29, 0.717) is 13.1 Å². The molecule has 0 bridgehead atoms. The molecule has 0 aromatic heterocycles. The van der Waals surface area contributed by atoms with Crippen molar-refractivity contribution in [2.45, 2.75) is 52.2 Å². The van der Waals surface area contributed by atoms with E-state index in [1.807, 2.05) is 6.08 Å². The third-order valence-electron chi connectivity index (χ3n) is 2.69. The van der Waals surface area contributed by atoms with Gasteiger partial charge in [-0.3, -0.25) is 4.79 Å². The molecule has 0 aliphatic carbocycles. The molecular formula is C14H24N2O3. The molecule has 2 amide bonds. The summed E-state index contributed by atoms with van der Waals surface area (Å²) in [4.78, 5) is 25.8. The lowest BCUT2D eigenvalue weighted by Gasteiger charge is -2.33. The number of hydrogen-bond acceptors (Lipinski definition) is 3. The number of ether oxygens (including phenoxy) is 1. The van der Waals surface area contributed by atoms with Crippen LogP contribution in [-0.4, -0.2) is 41.1 Å². The number of carbonyl (C=O) groups is 2. The van der Waals surface area contributed by atoms with Crippen molar-refractivity contribution in [3.8, 4) is 0 Å². The molecule has 108 valence electrons. The molecule has 0 saturated carbocycles. The smallest absolute Gasteiger partial charge is 0.408 e. The highest BCUT2D eigenvalue weighted by Crippen LogP contribution is 2.13. The van der Waals surface area contributed by atoms with E-state index in [4.69, 9.17) is 4.74 Å². The SMILES string of the molecule is CC(C)(C)OC(=O)NC(C)(C)C(=O)N1CC=CCC1. The Morgan fingerprint density at radius 1 is 1.16 bits per heavy atom. The van der Waals surface area contributed by atoms with Crippen molar-refractivity contribution in [2.75, 3.05) is 13.1 Å². The zero-order chi connectivity index (χ0) is 14.7. The second kappa shape index (κ2) is 5.63. The third kappa shape index (κ3) is 4.93. The standard InChI is InChI=1S/C14H24N2O3/c1-13(2,3)19-12(18)15-14(4,5)11(17)16-9-7-6-8-10-16/h6-7H,8-10H2,1-5H3,(H,15,18). The summed E-state index contributed by atoms with van der Waals surface area (Å²) in [5.74, 6) is -0.0947. The van der Waals surface area contributed by atoms with Gasteiger partial charge in [0.05, 0.1) is 0 Å². The Labute approximate surface area is 115 Å². The van der Waals surface area contributed by atoms with Crippen LogP contribution in [0.1, 0.15) is 41.0 Å². The second-order valence-corrected chi connectivity index (χ2v) is 6.26. The van der Waals surface area contributed by atoms with Crippen molar-refractivity contribution in [3.63, 3.8) is 0 Å². The molecular weight excluding hydrogens is 244 g/mol. The first-order chi connectivity index (χ1) is 8.62. The van der Waals surface area contributed by atoms with Crippen molar-refractivity contribution in [3.05, 3.63) is 12.2 Å². The molecule has 5 heteroatoms. The fourth-order valence-corrected chi connectivity index (χ4v) is 1.83. The average molecular weight is 268 g/mol. The molecule has 0 fully saturated rings. The predicted octanol–water partition coefficient (Wildman–Crippen LogP) is 2.08. The maximum atomic E-state index is 12.3. The Morgan fingerprint density at radius 3 is 2.26 bits per heavy atom. The van der Waals surface area contributed by atoms with Crippen molar-refractivity contribution >= 4 is 12.0 Å². The van der Waals surface area contributed by atoms with Crippen LogP contribution in [0.25, 0.3) is 0 Å². The summed E-state index contributed by atoms with van der Waals surface area (Å²) in [7, 11) is 0. The molecule has 0 aromatic rings. The minimum Gasteiger partial charge on any atom is -0.444 e. The normalized spacial score (nSPS) is 16.2. The molecule has 5 nitrogen and oxygen atoms in total. The molecule has 0 radical (unpaired) electrons. The van der Waals surface area contributed by atoms with E-state index in [2.05, 4.69) is 11.4 Å². The van der Waals surface area contributed by atoms with Gasteiger partial charge in [0.1, 0.15) is 11.1 Å². The molecule has 0 saturated heterocycles. The number of nitrogens with zero attached hydrogens (tertiary/aromatic N) is 1. The molecule has 1 rings (SSSR count). The van der Waals surface area contributed by atoms with Crippen molar-refractivity contribution < 1.29 is 14.3 Å². The quantitative estimate of drug-likeness (QED) is 0.780. The number of amides is 2. The Morgan fingerprint density at radius 2 is 1.79 bits per heavy atom. The first kappa shape index (κ1) is 15.5. The van der Waals surface area contributed by atoms with Crippen LogP contribution in [0.2, 0.25) is 0 Å². The fraction of sp³-hybridized carbons (Fsp3) is 0.714. The van der Waals surface area contributed by atoms with Crippen molar-refractivity contribution in [1.82, 2.24) is 10.2 Å². The zero-order valence-electron chi connectivity index (χ0n) is 12.4. The van der Waals surface area contributed by atoms with Crippen LogP contribution in [-0.2, 0) is 9.53 Å². The molecule has 1 N–H and O–H groups in total. The van der Waals surface area contributed by atoms with Gasteiger partial charge in [0.15, 0.2) is 0 Å². The summed E-state index contributed by atoms with van der Waals surface area (Å²) in [6.07, 6.45) is 4.30. The summed E-state index contributed by atoms with van der Waals surface area (Å²) >= 11 is 0. The minimum absolute atomic E-state index is 0.0947. The Hall–Kier alpha value is -1.52. The van der Waals surface area contributed by atoms with Gasteiger partial charge in [-0.25, -0.2) is 4.79 Å². The van der Waals surface area contributed by atoms with Gasteiger partial charge in [-0.1, -0.05) is 12.2 Å². The van der Waals surface area contributed by atoms with Crippen molar-refractivity contribution in [2.24, 2.45) is 0 Å². The molecule has 0 aromatic carbocycles. The lowest BCUT2D eigenvalue weighted by Crippen LogP contribution is -2.57. The van der Waals surface area contributed by atoms with Crippen LogP contribution >= 0.6 is 0 Å². The van der Waals surface area contributed by atoms with E-state index < -0.39 is 17.2 Å². The van der Waals surface area contributed by atoms with Crippen LogP contribution in [0.3, 0.4) is 0 Å². The summed E-state index contributed by atoms with van der Waals surface area (Å²) in [6, 6.07) is 0. The maximum absolute atomic E-state index is 12.3. The highest BCUT2D eigenvalue weighted by atomic mass is 16.6. The molecule has 0 atom stereocenters. The summed E-state index contributed by atoms with van der Waals surface area (Å²) in [5.41, 5.74) is -1.54. The third-order valence-corrected chi connectivity index (χ3v) is 2.69. The monoisotopic (exact) mass is 268 g/mol. The molecule has 0 spiro atoms. The first-order valence-electron chi connectivity index (χ1n) is 6.57. The van der Waals surface area contributed by atoms with Gasteiger partial charge >= 0.3 is 6.09 Å². The van der Waals surface area contributed by atoms with E-state index in [1.54, 1.807) is 39.5 Å². The van der Waals surface area contributed by atoms with Gasteiger partial charge < -0.3 is 15.0 Å². The summed E-state index contributed by atoms with van der Waals surface area (Å²) in [5, 5.41) is 2.63. The van der Waals surface area contributed by atoms with Crippen LogP contribution in [0, 0.1) is 0 Å². The van der Waals surface area contributed by atoms with Gasteiger partial charge in [-0.05, 0) is 41.0 Å². The van der Waals surface area contributed by atoms with Crippen molar-refractivity contribution in [1.29, 1.82) is 0 Å². The van der Waals surface area contributed by atoms with Gasteiger partial charge in [0.2, 0.25) is 5.91 Å². The first-order valence-corrected chi connectivity index (χ1v) is 6.57. The molecule has 1 heterocycles. The van der Waals surface area contributed by atoms with Crippen LogP contribution in [0.5, 0.6) is 0 Å². The zero-order valence-corrected chi connectivity index (χ0v) is 12.4. The number of rotatable bonds is 2. The number of carbonyl (C=O) groups excluding carboxylic acids is 2. The van der Waals surface area contributed by atoms with E-state index >= 15 is 0 Å². The van der Waals surface area contributed by atoms with Gasteiger partial charge in [0, 0.05) is 13.1 Å². The summed E-state index contributed by atoms with van der Waals surface area (Å²) < 4.78 is 5.18. The molecule has 0 unspecified atom stereocenters. The lowest BCUT2D eigenvalue weighted by molar-refractivity contribution is -0.136. The lowest BCUT2D eigenvalue weighted by atomic mass is 10.0. The number of alkyl carbamates (subject to hydrolysis) is 1. The van der Waals surface area contributed by atoms with Gasteiger partial charge in [-0.15, -0.1) is 0 Å². The molecule has 1 aliphatic rings. The average Bonchev–Trinajstić information content (AvgIpc) is 2.25. The minimum atomic E-state index is -0.965. The van der Waals surface area contributed by atoms with E-state index in [-0.39, 0.29) is 5.91 Å². The highest BCUT2D eigenvalue weighted by molar-refractivity contribution is 5.89. The van der Waals surface area contributed by atoms with E-state index in [0.717, 1.165) is 6.42 Å². The van der Waals surface area contributed by atoms with Gasteiger partial charge in [-0.2, -0.15) is 0 Å². The number of hydrogen-bond donors (Lipinski definition) is 1. The van der Waals surface area contributed by atoms with Gasteiger partial charge in [0.25, 0.3) is 0 Å². The summed E-state index contributed by atoms with van der Waals surface area (Å²) in [6.45, 7) is 10.0.